The SMILES string of the molecule is Cc1c(-c2ccc(N3c4ccccc4C(C)(C)c4ccccc43)cc2)ncnc1-c1ccc(N2c3ccccc3C(C)(C)c3ccccc32)cc1. The summed E-state index contributed by atoms with van der Waals surface area (Å²) >= 11 is 0. The van der Waals surface area contributed by atoms with Gasteiger partial charge in [-0.25, -0.2) is 9.97 Å². The summed E-state index contributed by atoms with van der Waals surface area (Å²) in [6.45, 7) is 11.4. The molecule has 51 heavy (non-hydrogen) atoms. The molecule has 2 aliphatic rings. The molecule has 2 aliphatic heterocycles. The van der Waals surface area contributed by atoms with E-state index in [1.807, 2.05) is 0 Å². The van der Waals surface area contributed by atoms with Gasteiger partial charge in [-0.05, 0) is 77.7 Å². The van der Waals surface area contributed by atoms with Crippen molar-refractivity contribution in [2.75, 3.05) is 9.80 Å². The van der Waals surface area contributed by atoms with E-state index in [-0.39, 0.29) is 10.8 Å². The van der Waals surface area contributed by atoms with E-state index in [0.29, 0.717) is 0 Å². The second kappa shape index (κ2) is 11.5. The highest BCUT2D eigenvalue weighted by atomic mass is 15.2. The number of aromatic nitrogens is 2. The lowest BCUT2D eigenvalue weighted by atomic mass is 9.73. The number of para-hydroxylation sites is 4. The van der Waals surface area contributed by atoms with Crippen molar-refractivity contribution in [1.82, 2.24) is 9.97 Å². The van der Waals surface area contributed by atoms with Crippen LogP contribution in [0.3, 0.4) is 0 Å². The fraction of sp³-hybridized carbons (Fsp3) is 0.149. The molecule has 0 spiro atoms. The van der Waals surface area contributed by atoms with Gasteiger partial charge < -0.3 is 9.80 Å². The second-order valence-electron chi connectivity index (χ2n) is 14.8. The molecule has 0 saturated heterocycles. The van der Waals surface area contributed by atoms with Crippen molar-refractivity contribution in [2.45, 2.75) is 45.4 Å². The van der Waals surface area contributed by atoms with Crippen molar-refractivity contribution in [3.8, 4) is 22.5 Å². The van der Waals surface area contributed by atoms with E-state index in [4.69, 9.17) is 9.97 Å². The molecular formula is C47H40N4. The van der Waals surface area contributed by atoms with Gasteiger partial charge in [-0.3, -0.25) is 0 Å². The van der Waals surface area contributed by atoms with Crippen LogP contribution in [0.25, 0.3) is 22.5 Å². The fourth-order valence-electron chi connectivity index (χ4n) is 8.46. The van der Waals surface area contributed by atoms with Crippen molar-refractivity contribution in [1.29, 1.82) is 0 Å². The third kappa shape index (κ3) is 4.74. The third-order valence-electron chi connectivity index (χ3n) is 11.2. The Morgan fingerprint density at radius 1 is 0.392 bits per heavy atom. The lowest BCUT2D eigenvalue weighted by molar-refractivity contribution is 0.632. The molecule has 0 radical (unpaired) electrons. The van der Waals surface area contributed by atoms with Gasteiger partial charge in [0, 0.05) is 38.9 Å². The minimum atomic E-state index is -0.0873. The topological polar surface area (TPSA) is 32.3 Å². The van der Waals surface area contributed by atoms with Crippen molar-refractivity contribution in [3.63, 3.8) is 0 Å². The second-order valence-corrected chi connectivity index (χ2v) is 14.8. The van der Waals surface area contributed by atoms with Crippen LogP contribution >= 0.6 is 0 Å². The lowest BCUT2D eigenvalue weighted by Gasteiger charge is -2.42. The number of benzene rings is 6. The maximum Gasteiger partial charge on any atom is 0.116 e. The van der Waals surface area contributed by atoms with E-state index < -0.39 is 0 Å². The van der Waals surface area contributed by atoms with Crippen LogP contribution in [0.5, 0.6) is 0 Å². The van der Waals surface area contributed by atoms with Gasteiger partial charge in [0.25, 0.3) is 0 Å². The molecule has 0 aliphatic carbocycles. The molecule has 0 fully saturated rings. The van der Waals surface area contributed by atoms with E-state index >= 15 is 0 Å². The van der Waals surface area contributed by atoms with Crippen molar-refractivity contribution in [3.05, 3.63) is 180 Å². The Bertz CT molecular complexity index is 2170. The highest BCUT2D eigenvalue weighted by Crippen LogP contribution is 2.53. The zero-order valence-corrected chi connectivity index (χ0v) is 29.7. The van der Waals surface area contributed by atoms with Gasteiger partial charge in [-0.2, -0.15) is 0 Å². The predicted octanol–water partition coefficient (Wildman–Crippen LogP) is 12.3. The summed E-state index contributed by atoms with van der Waals surface area (Å²) in [5.74, 6) is 0. The Kier molecular flexibility index (Phi) is 7.01. The number of hydrogen-bond donors (Lipinski definition) is 0. The summed E-state index contributed by atoms with van der Waals surface area (Å²) in [6.07, 6.45) is 1.69. The molecule has 0 atom stereocenters. The molecule has 7 aromatic rings. The normalized spacial score (nSPS) is 15.0. The smallest absolute Gasteiger partial charge is 0.116 e. The van der Waals surface area contributed by atoms with Crippen molar-refractivity contribution in [2.24, 2.45) is 0 Å². The molecule has 4 nitrogen and oxygen atoms in total. The quantitative estimate of drug-likeness (QED) is 0.188. The number of fused-ring (bicyclic) bond motifs is 4. The van der Waals surface area contributed by atoms with E-state index in [1.165, 1.54) is 45.0 Å². The van der Waals surface area contributed by atoms with Gasteiger partial charge in [-0.1, -0.05) is 125 Å². The number of nitrogens with zero attached hydrogens (tertiary/aromatic N) is 4. The first-order valence-electron chi connectivity index (χ1n) is 17.8. The summed E-state index contributed by atoms with van der Waals surface area (Å²) in [6, 6.07) is 52.7. The average molecular weight is 661 g/mol. The predicted molar refractivity (Wildman–Crippen MR) is 211 cm³/mol. The summed E-state index contributed by atoms with van der Waals surface area (Å²) in [5, 5.41) is 0. The largest absolute Gasteiger partial charge is 0.310 e. The molecule has 0 unspecified atom stereocenters. The summed E-state index contributed by atoms with van der Waals surface area (Å²) in [4.78, 5) is 14.4. The maximum atomic E-state index is 4.79. The molecule has 0 bridgehead atoms. The Balaban J connectivity index is 1.05. The third-order valence-corrected chi connectivity index (χ3v) is 11.2. The van der Waals surface area contributed by atoms with E-state index in [1.54, 1.807) is 6.33 Å². The monoisotopic (exact) mass is 660 g/mol. The molecule has 6 aromatic carbocycles. The summed E-state index contributed by atoms with van der Waals surface area (Å²) < 4.78 is 0. The van der Waals surface area contributed by atoms with Gasteiger partial charge in [0.05, 0.1) is 34.1 Å². The van der Waals surface area contributed by atoms with E-state index in [0.717, 1.165) is 39.5 Å². The van der Waals surface area contributed by atoms with Crippen LogP contribution in [-0.4, -0.2) is 9.97 Å². The highest BCUT2D eigenvalue weighted by Gasteiger charge is 2.37. The van der Waals surface area contributed by atoms with Crippen LogP contribution in [0.1, 0.15) is 55.5 Å². The maximum absolute atomic E-state index is 4.79. The van der Waals surface area contributed by atoms with Crippen LogP contribution in [0.2, 0.25) is 0 Å². The first-order chi connectivity index (χ1) is 24.7. The molecule has 1 aromatic heterocycles. The van der Waals surface area contributed by atoms with Gasteiger partial charge in [0.1, 0.15) is 6.33 Å². The standard InChI is InChI=1S/C47H40N4/c1-31-44(32-22-26-34(27-23-32)50-40-18-10-6-14-36(40)46(2,3)37-15-7-11-19-41(37)50)48-30-49-45(31)33-24-28-35(29-25-33)51-42-20-12-8-16-38(42)47(4,5)39-17-9-13-21-43(39)51/h6-30H,1-5H3. The van der Waals surface area contributed by atoms with Gasteiger partial charge >= 0.3 is 0 Å². The van der Waals surface area contributed by atoms with Crippen molar-refractivity contribution >= 4 is 34.1 Å². The number of rotatable bonds is 4. The van der Waals surface area contributed by atoms with Gasteiger partial charge in [0.2, 0.25) is 0 Å². The molecule has 0 N–H and O–H groups in total. The van der Waals surface area contributed by atoms with Crippen LogP contribution in [-0.2, 0) is 10.8 Å². The van der Waals surface area contributed by atoms with Crippen LogP contribution in [0.4, 0.5) is 34.1 Å². The summed E-state index contributed by atoms with van der Waals surface area (Å²) in [5.41, 5.74) is 17.3. The molecule has 4 heteroatoms. The highest BCUT2D eigenvalue weighted by molar-refractivity contribution is 5.88. The Labute approximate surface area is 300 Å². The van der Waals surface area contributed by atoms with Gasteiger partial charge in [0.15, 0.2) is 0 Å². The van der Waals surface area contributed by atoms with Crippen LogP contribution in [0, 0.1) is 6.92 Å². The Hall–Kier alpha value is -6.00. The Morgan fingerprint density at radius 3 is 1.00 bits per heavy atom. The minimum Gasteiger partial charge on any atom is -0.310 e. The lowest BCUT2D eigenvalue weighted by Crippen LogP contribution is -2.30. The molecule has 9 rings (SSSR count). The Morgan fingerprint density at radius 2 is 0.686 bits per heavy atom. The first kappa shape index (κ1) is 31.0. The minimum absolute atomic E-state index is 0.0873. The number of hydrogen-bond acceptors (Lipinski definition) is 4. The average Bonchev–Trinajstić information content (AvgIpc) is 3.16. The van der Waals surface area contributed by atoms with Crippen LogP contribution in [0.15, 0.2) is 152 Å². The first-order valence-corrected chi connectivity index (χ1v) is 17.8. The summed E-state index contributed by atoms with van der Waals surface area (Å²) in [7, 11) is 0. The molecular weight excluding hydrogens is 621 g/mol. The molecule has 0 saturated carbocycles. The van der Waals surface area contributed by atoms with E-state index in [2.05, 4.69) is 190 Å². The zero-order chi connectivity index (χ0) is 34.9. The molecule has 0 amide bonds. The fourth-order valence-corrected chi connectivity index (χ4v) is 8.46. The van der Waals surface area contributed by atoms with Crippen LogP contribution < -0.4 is 9.80 Å². The van der Waals surface area contributed by atoms with E-state index in [9.17, 15) is 0 Å². The van der Waals surface area contributed by atoms with Gasteiger partial charge in [-0.15, -0.1) is 0 Å². The van der Waals surface area contributed by atoms with Crippen molar-refractivity contribution < 1.29 is 0 Å². The molecule has 248 valence electrons. The number of anilines is 6. The zero-order valence-electron chi connectivity index (χ0n) is 29.7. The molecule has 3 heterocycles.